The molecule has 5 nitrogen and oxygen atoms in total. The first-order chi connectivity index (χ1) is 14.9. The minimum Gasteiger partial charge on any atom is -0.344 e. The Labute approximate surface area is 187 Å². The van der Waals surface area contributed by atoms with Crippen LogP contribution in [-0.2, 0) is 14.8 Å². The first-order valence-corrected chi connectivity index (χ1v) is 12.7. The first-order valence-electron chi connectivity index (χ1n) is 10.4. The topological polar surface area (TPSA) is 66.5 Å². The highest BCUT2D eigenvalue weighted by atomic mass is 32.2. The van der Waals surface area contributed by atoms with E-state index in [-0.39, 0.29) is 17.9 Å². The quantitative estimate of drug-likeness (QED) is 0.602. The Hall–Kier alpha value is -2.48. The summed E-state index contributed by atoms with van der Waals surface area (Å²) in [5.41, 5.74) is 2.06. The normalized spacial score (nSPS) is 16.7. The fourth-order valence-corrected chi connectivity index (χ4v) is 6.17. The lowest BCUT2D eigenvalue weighted by Gasteiger charge is -2.31. The lowest BCUT2D eigenvalue weighted by molar-refractivity contribution is -0.126. The van der Waals surface area contributed by atoms with Crippen molar-refractivity contribution in [2.75, 3.05) is 13.1 Å². The number of carbonyl (C=O) groups is 1. The van der Waals surface area contributed by atoms with Crippen LogP contribution in [0.3, 0.4) is 0 Å². The molecule has 0 spiro atoms. The fourth-order valence-electron chi connectivity index (χ4n) is 3.90. The highest BCUT2D eigenvalue weighted by Crippen LogP contribution is 2.28. The van der Waals surface area contributed by atoms with Crippen LogP contribution in [0.4, 0.5) is 0 Å². The zero-order valence-corrected chi connectivity index (χ0v) is 19.0. The van der Waals surface area contributed by atoms with E-state index in [2.05, 4.69) is 5.32 Å². The van der Waals surface area contributed by atoms with Gasteiger partial charge < -0.3 is 5.32 Å². The van der Waals surface area contributed by atoms with Crippen molar-refractivity contribution in [2.24, 2.45) is 5.92 Å². The van der Waals surface area contributed by atoms with E-state index >= 15 is 0 Å². The summed E-state index contributed by atoms with van der Waals surface area (Å²) in [6.45, 7) is 2.63. The summed E-state index contributed by atoms with van der Waals surface area (Å²) in [5.74, 6) is -0.217. The molecule has 162 valence electrons. The number of thiophene rings is 1. The second kappa shape index (κ2) is 9.34. The molecule has 7 heteroatoms. The van der Waals surface area contributed by atoms with Crippen molar-refractivity contribution < 1.29 is 13.2 Å². The van der Waals surface area contributed by atoms with E-state index in [1.54, 1.807) is 35.6 Å². The predicted octanol–water partition coefficient (Wildman–Crippen LogP) is 4.36. The first kappa shape index (κ1) is 21.7. The van der Waals surface area contributed by atoms with Crippen molar-refractivity contribution in [3.8, 4) is 0 Å². The molecule has 31 heavy (non-hydrogen) atoms. The van der Waals surface area contributed by atoms with Crippen molar-refractivity contribution in [1.82, 2.24) is 9.62 Å². The number of carbonyl (C=O) groups excluding carboxylic acids is 1. The minimum atomic E-state index is -3.53. The Morgan fingerprint density at radius 1 is 1.00 bits per heavy atom. The Morgan fingerprint density at radius 2 is 1.68 bits per heavy atom. The van der Waals surface area contributed by atoms with E-state index < -0.39 is 10.0 Å². The molecule has 1 aliphatic rings. The maximum atomic E-state index is 13.1. The third-order valence-corrected chi connectivity index (χ3v) is 8.58. The van der Waals surface area contributed by atoms with Crippen molar-refractivity contribution in [1.29, 1.82) is 0 Å². The van der Waals surface area contributed by atoms with Gasteiger partial charge in [-0.1, -0.05) is 54.1 Å². The minimum absolute atomic E-state index is 0.0189. The molecule has 1 aliphatic heterocycles. The lowest BCUT2D eigenvalue weighted by atomic mass is 9.96. The van der Waals surface area contributed by atoms with Crippen LogP contribution in [0.25, 0.3) is 0 Å². The van der Waals surface area contributed by atoms with Crippen LogP contribution < -0.4 is 5.32 Å². The number of benzene rings is 2. The van der Waals surface area contributed by atoms with Gasteiger partial charge in [-0.25, -0.2) is 8.42 Å². The van der Waals surface area contributed by atoms with Gasteiger partial charge in [0.25, 0.3) is 0 Å². The summed E-state index contributed by atoms with van der Waals surface area (Å²) in [5, 5.41) is 5.21. The average molecular weight is 455 g/mol. The van der Waals surface area contributed by atoms with Crippen LogP contribution >= 0.6 is 11.3 Å². The van der Waals surface area contributed by atoms with Gasteiger partial charge in [0.2, 0.25) is 15.9 Å². The molecule has 3 aromatic rings. The van der Waals surface area contributed by atoms with Gasteiger partial charge >= 0.3 is 0 Å². The van der Waals surface area contributed by atoms with Crippen LogP contribution in [0.15, 0.2) is 77.0 Å². The van der Waals surface area contributed by atoms with Crippen LogP contribution in [0, 0.1) is 12.8 Å². The standard InChI is InChI=1S/C24H26N2O3S2/c1-18-9-11-21(12-10-18)31(28,29)26-15-13-20(14-16-26)24(27)25-23(22-8-5-17-30-22)19-6-3-2-4-7-19/h2-12,17,20,23H,13-16H2,1H3,(H,25,27). The third-order valence-electron chi connectivity index (χ3n) is 5.73. The Morgan fingerprint density at radius 3 is 2.29 bits per heavy atom. The third kappa shape index (κ3) is 4.89. The molecular weight excluding hydrogens is 428 g/mol. The number of rotatable bonds is 6. The molecule has 1 saturated heterocycles. The van der Waals surface area contributed by atoms with Crippen LogP contribution in [0.2, 0.25) is 0 Å². The number of nitrogens with zero attached hydrogens (tertiary/aromatic N) is 1. The number of sulfonamides is 1. The summed E-state index contributed by atoms with van der Waals surface area (Å²) in [6, 6.07) is 20.7. The summed E-state index contributed by atoms with van der Waals surface area (Å²) < 4.78 is 27.3. The molecule has 1 fully saturated rings. The molecule has 0 aliphatic carbocycles. The number of amides is 1. The van der Waals surface area contributed by atoms with Gasteiger partial charge in [0, 0.05) is 23.9 Å². The van der Waals surface area contributed by atoms with Gasteiger partial charge in [0.15, 0.2) is 0 Å². The predicted molar refractivity (Wildman–Crippen MR) is 123 cm³/mol. The second-order valence-electron chi connectivity index (χ2n) is 7.86. The molecule has 1 unspecified atom stereocenters. The zero-order valence-electron chi connectivity index (χ0n) is 17.4. The number of aryl methyl sites for hydroxylation is 1. The molecule has 0 bridgehead atoms. The van der Waals surface area contributed by atoms with Crippen LogP contribution in [0.5, 0.6) is 0 Å². The number of hydrogen-bond acceptors (Lipinski definition) is 4. The maximum absolute atomic E-state index is 13.1. The molecule has 1 aromatic heterocycles. The highest BCUT2D eigenvalue weighted by molar-refractivity contribution is 7.89. The molecule has 4 rings (SSSR count). The average Bonchev–Trinajstić information content (AvgIpc) is 3.33. The van der Waals surface area contributed by atoms with Gasteiger partial charge in [0.1, 0.15) is 0 Å². The SMILES string of the molecule is Cc1ccc(S(=O)(=O)N2CCC(C(=O)NC(c3ccccc3)c3cccs3)CC2)cc1. The summed E-state index contributed by atoms with van der Waals surface area (Å²) in [7, 11) is -3.53. The van der Waals surface area contributed by atoms with Crippen molar-refractivity contribution >= 4 is 27.3 Å². The summed E-state index contributed by atoms with van der Waals surface area (Å²) in [6.07, 6.45) is 1.03. The Bertz CT molecular complexity index is 1100. The van der Waals surface area contributed by atoms with Gasteiger partial charge in [0.05, 0.1) is 10.9 Å². The van der Waals surface area contributed by atoms with E-state index in [1.807, 2.05) is 54.8 Å². The van der Waals surface area contributed by atoms with Gasteiger partial charge in [-0.05, 0) is 48.9 Å². The summed E-state index contributed by atoms with van der Waals surface area (Å²) in [4.78, 5) is 14.5. The van der Waals surface area contributed by atoms with Crippen LogP contribution in [0.1, 0.15) is 34.9 Å². The molecule has 1 N–H and O–H groups in total. The number of piperidine rings is 1. The van der Waals surface area contributed by atoms with E-state index in [4.69, 9.17) is 0 Å². The lowest BCUT2D eigenvalue weighted by Crippen LogP contribution is -2.43. The molecule has 2 heterocycles. The van der Waals surface area contributed by atoms with Crippen LogP contribution in [-0.4, -0.2) is 31.7 Å². The van der Waals surface area contributed by atoms with Crippen molar-refractivity contribution in [3.63, 3.8) is 0 Å². The number of nitrogens with one attached hydrogen (secondary N) is 1. The highest BCUT2D eigenvalue weighted by Gasteiger charge is 2.33. The van der Waals surface area contributed by atoms with E-state index in [9.17, 15) is 13.2 Å². The number of hydrogen-bond donors (Lipinski definition) is 1. The Balaban J connectivity index is 1.42. The second-order valence-corrected chi connectivity index (χ2v) is 10.8. The van der Waals surface area contributed by atoms with Gasteiger partial charge in [-0.3, -0.25) is 4.79 Å². The Kier molecular flexibility index (Phi) is 6.55. The molecule has 1 amide bonds. The van der Waals surface area contributed by atoms with E-state index in [0.29, 0.717) is 30.8 Å². The monoisotopic (exact) mass is 454 g/mol. The summed E-state index contributed by atoms with van der Waals surface area (Å²) >= 11 is 1.61. The molecule has 0 saturated carbocycles. The van der Waals surface area contributed by atoms with Crippen molar-refractivity contribution in [2.45, 2.75) is 30.7 Å². The smallest absolute Gasteiger partial charge is 0.243 e. The molecule has 0 radical (unpaired) electrons. The molecular formula is C24H26N2O3S2. The maximum Gasteiger partial charge on any atom is 0.243 e. The molecule has 1 atom stereocenters. The van der Waals surface area contributed by atoms with E-state index in [0.717, 1.165) is 16.0 Å². The molecule has 2 aromatic carbocycles. The van der Waals surface area contributed by atoms with Crippen molar-refractivity contribution in [3.05, 3.63) is 88.1 Å². The fraction of sp³-hybridized carbons (Fsp3) is 0.292. The van der Waals surface area contributed by atoms with Gasteiger partial charge in [-0.15, -0.1) is 11.3 Å². The zero-order chi connectivity index (χ0) is 21.8. The van der Waals surface area contributed by atoms with E-state index in [1.165, 1.54) is 4.31 Å². The van der Waals surface area contributed by atoms with Gasteiger partial charge in [-0.2, -0.15) is 4.31 Å². The largest absolute Gasteiger partial charge is 0.344 e.